The minimum atomic E-state index is -1.38. The van der Waals surface area contributed by atoms with E-state index in [0.29, 0.717) is 18.7 Å². The monoisotopic (exact) mass is 374 g/mol. The number of aliphatic imine (C=N–C) groups is 1. The number of benzene rings is 2. The van der Waals surface area contributed by atoms with Gasteiger partial charge in [-0.05, 0) is 43.1 Å². The van der Waals surface area contributed by atoms with Gasteiger partial charge >= 0.3 is 0 Å². The van der Waals surface area contributed by atoms with Gasteiger partial charge in [-0.1, -0.05) is 12.1 Å². The number of nitrogens with zero attached hydrogens (tertiary/aromatic N) is 1. The molecule has 0 aromatic heterocycles. The van der Waals surface area contributed by atoms with Gasteiger partial charge in [0, 0.05) is 18.3 Å². The number of amides is 1. The molecule has 1 unspecified atom stereocenters. The molecule has 0 radical (unpaired) electrons. The molecule has 1 fully saturated rings. The van der Waals surface area contributed by atoms with Crippen LogP contribution in [0.4, 0.5) is 20.2 Å². The summed E-state index contributed by atoms with van der Waals surface area (Å²) in [7, 11) is 0. The van der Waals surface area contributed by atoms with Crippen molar-refractivity contribution in [1.29, 1.82) is 0 Å². The Balaban J connectivity index is 1.86. The van der Waals surface area contributed by atoms with E-state index < -0.39 is 28.7 Å². The van der Waals surface area contributed by atoms with E-state index in [4.69, 9.17) is 11.5 Å². The van der Waals surface area contributed by atoms with Crippen LogP contribution in [0.25, 0.3) is 0 Å². The van der Waals surface area contributed by atoms with E-state index in [1.165, 1.54) is 6.21 Å². The van der Waals surface area contributed by atoms with Gasteiger partial charge < -0.3 is 21.9 Å². The number of hydrogen-bond donors (Lipinski definition) is 4. The maximum Gasteiger partial charge on any atom is 0.253 e. The molecule has 3 rings (SSSR count). The molecule has 0 spiro atoms. The van der Waals surface area contributed by atoms with Gasteiger partial charge in [0.2, 0.25) is 0 Å². The highest BCUT2D eigenvalue weighted by molar-refractivity contribution is 6.03. The second-order valence-corrected chi connectivity index (χ2v) is 6.53. The molecule has 142 valence electrons. The molecule has 2 aromatic rings. The maximum absolute atomic E-state index is 13.7. The average Bonchev–Trinajstić information content (AvgIpc) is 2.64. The number of rotatable bonds is 4. The van der Waals surface area contributed by atoms with Gasteiger partial charge in [-0.3, -0.25) is 9.79 Å². The number of β-amino-alcohol motifs (C(OH)–C–C–N with tert-alkyl or cyclic N) is 1. The molecule has 1 amide bonds. The van der Waals surface area contributed by atoms with Crippen LogP contribution in [0.5, 0.6) is 0 Å². The van der Waals surface area contributed by atoms with Crippen LogP contribution < -0.4 is 16.8 Å². The van der Waals surface area contributed by atoms with Crippen LogP contribution in [0, 0.1) is 11.6 Å². The first-order valence-corrected chi connectivity index (χ1v) is 8.47. The van der Waals surface area contributed by atoms with Gasteiger partial charge in [0.05, 0.1) is 11.4 Å². The van der Waals surface area contributed by atoms with Crippen molar-refractivity contribution in [1.82, 2.24) is 5.32 Å². The lowest BCUT2D eigenvalue weighted by molar-refractivity contribution is 0.0123. The van der Waals surface area contributed by atoms with Crippen LogP contribution in [0.1, 0.15) is 34.3 Å². The second kappa shape index (κ2) is 7.42. The molecule has 1 heterocycles. The summed E-state index contributed by atoms with van der Waals surface area (Å²) in [6.45, 7) is 1.37. The Bertz CT molecular complexity index is 892. The first kappa shape index (κ1) is 18.9. The van der Waals surface area contributed by atoms with Crippen LogP contribution >= 0.6 is 0 Å². The molecule has 1 saturated heterocycles. The van der Waals surface area contributed by atoms with Crippen molar-refractivity contribution >= 4 is 23.5 Å². The third-order valence-electron chi connectivity index (χ3n) is 4.66. The van der Waals surface area contributed by atoms with Crippen molar-refractivity contribution in [3.8, 4) is 0 Å². The molecular formula is C19H20F2N4O2. The van der Waals surface area contributed by atoms with Crippen molar-refractivity contribution in [3.63, 3.8) is 0 Å². The number of carbonyl (C=O) groups is 1. The van der Waals surface area contributed by atoms with E-state index in [1.807, 2.05) is 0 Å². The quantitative estimate of drug-likeness (QED) is 0.484. The minimum absolute atomic E-state index is 0.0434. The summed E-state index contributed by atoms with van der Waals surface area (Å²) in [5.41, 5.74) is 10.2. The number of carbonyl (C=O) groups excluding carboxylic acids is 1. The summed E-state index contributed by atoms with van der Waals surface area (Å²) in [5, 5.41) is 13.8. The highest BCUT2D eigenvalue weighted by Crippen LogP contribution is 2.30. The topological polar surface area (TPSA) is 114 Å². The Labute approximate surface area is 154 Å². The number of nitrogens with one attached hydrogen (secondary N) is 1. The molecule has 8 heteroatoms. The lowest BCUT2D eigenvalue weighted by atomic mass is 9.87. The number of piperidine rings is 1. The summed E-state index contributed by atoms with van der Waals surface area (Å²) >= 11 is 0. The molecule has 1 aliphatic heterocycles. The molecule has 1 atom stereocenters. The summed E-state index contributed by atoms with van der Waals surface area (Å²) in [4.78, 5) is 15.5. The first-order chi connectivity index (χ1) is 12.8. The van der Waals surface area contributed by atoms with Crippen LogP contribution in [-0.2, 0) is 5.60 Å². The smallest absolute Gasteiger partial charge is 0.253 e. The number of halogens is 2. The molecule has 6 nitrogen and oxygen atoms in total. The SMILES string of the molecule is NC(=O)c1c(N)c(C=Nc2ccc(C3(O)CCCNC3)cc2)cc(F)c1F. The average molecular weight is 374 g/mol. The number of nitrogen functional groups attached to an aromatic ring is 1. The Morgan fingerprint density at radius 3 is 2.59 bits per heavy atom. The number of anilines is 1. The third-order valence-corrected chi connectivity index (χ3v) is 4.66. The van der Waals surface area contributed by atoms with Gasteiger partial charge in [-0.15, -0.1) is 0 Å². The molecule has 1 aliphatic rings. The van der Waals surface area contributed by atoms with Crippen LogP contribution in [0.3, 0.4) is 0 Å². The zero-order valence-electron chi connectivity index (χ0n) is 14.5. The van der Waals surface area contributed by atoms with E-state index in [0.717, 1.165) is 24.6 Å². The molecule has 0 saturated carbocycles. The van der Waals surface area contributed by atoms with Gasteiger partial charge in [-0.2, -0.15) is 0 Å². The predicted molar refractivity (Wildman–Crippen MR) is 99.0 cm³/mol. The zero-order chi connectivity index (χ0) is 19.6. The highest BCUT2D eigenvalue weighted by atomic mass is 19.2. The van der Waals surface area contributed by atoms with Crippen LogP contribution in [0.15, 0.2) is 35.3 Å². The van der Waals surface area contributed by atoms with Crippen molar-refractivity contribution < 1.29 is 18.7 Å². The van der Waals surface area contributed by atoms with E-state index in [-0.39, 0.29) is 11.3 Å². The van der Waals surface area contributed by atoms with Crippen LogP contribution in [-0.4, -0.2) is 30.3 Å². The number of nitrogens with two attached hydrogens (primary N) is 2. The van der Waals surface area contributed by atoms with Gasteiger partial charge in [0.25, 0.3) is 5.91 Å². The first-order valence-electron chi connectivity index (χ1n) is 8.47. The van der Waals surface area contributed by atoms with Gasteiger partial charge in [0.1, 0.15) is 11.2 Å². The minimum Gasteiger partial charge on any atom is -0.397 e. The predicted octanol–water partition coefficient (Wildman–Crippen LogP) is 1.97. The number of hydrogen-bond acceptors (Lipinski definition) is 5. The van der Waals surface area contributed by atoms with Gasteiger partial charge in [0.15, 0.2) is 11.6 Å². The molecule has 2 aromatic carbocycles. The van der Waals surface area contributed by atoms with Crippen LogP contribution in [0.2, 0.25) is 0 Å². The fourth-order valence-corrected chi connectivity index (χ4v) is 3.14. The summed E-state index contributed by atoms with van der Waals surface area (Å²) in [6, 6.07) is 7.78. The van der Waals surface area contributed by atoms with Crippen molar-refractivity contribution in [3.05, 3.63) is 58.7 Å². The van der Waals surface area contributed by atoms with E-state index in [2.05, 4.69) is 10.3 Å². The molecule has 0 bridgehead atoms. The Morgan fingerprint density at radius 2 is 2.00 bits per heavy atom. The Kier molecular flexibility index (Phi) is 5.20. The lowest BCUT2D eigenvalue weighted by Gasteiger charge is -2.33. The number of primary amides is 1. The molecule has 6 N–H and O–H groups in total. The second-order valence-electron chi connectivity index (χ2n) is 6.53. The highest BCUT2D eigenvalue weighted by Gasteiger charge is 2.30. The standard InChI is InChI=1S/C19H20F2N4O2/c20-14-8-11(17(22)15(16(14)21)18(23)26)9-25-13-4-2-12(3-5-13)19(27)6-1-7-24-10-19/h2-5,8-9,24,27H,1,6-7,10,22H2,(H2,23,26). The molecule has 27 heavy (non-hydrogen) atoms. The lowest BCUT2D eigenvalue weighted by Crippen LogP contribution is -2.43. The fraction of sp³-hybridized carbons (Fsp3) is 0.263. The normalized spacial score (nSPS) is 20.1. The summed E-state index contributed by atoms with van der Waals surface area (Å²) < 4.78 is 27.4. The van der Waals surface area contributed by atoms with E-state index in [1.54, 1.807) is 24.3 Å². The summed E-state index contributed by atoms with van der Waals surface area (Å²) in [6.07, 6.45) is 2.79. The van der Waals surface area contributed by atoms with Crippen molar-refractivity contribution in [2.75, 3.05) is 18.8 Å². The Hall–Kier alpha value is -2.84. The van der Waals surface area contributed by atoms with E-state index in [9.17, 15) is 18.7 Å². The molecular weight excluding hydrogens is 354 g/mol. The number of aliphatic hydroxyl groups is 1. The summed E-state index contributed by atoms with van der Waals surface area (Å²) in [5.74, 6) is -3.77. The maximum atomic E-state index is 13.7. The Morgan fingerprint density at radius 1 is 1.30 bits per heavy atom. The fourth-order valence-electron chi connectivity index (χ4n) is 3.14. The van der Waals surface area contributed by atoms with Crippen molar-refractivity contribution in [2.45, 2.75) is 18.4 Å². The van der Waals surface area contributed by atoms with E-state index >= 15 is 0 Å². The molecule has 0 aliphatic carbocycles. The largest absolute Gasteiger partial charge is 0.397 e. The zero-order valence-corrected chi connectivity index (χ0v) is 14.5. The van der Waals surface area contributed by atoms with Crippen molar-refractivity contribution in [2.24, 2.45) is 10.7 Å². The van der Waals surface area contributed by atoms with Gasteiger partial charge in [-0.25, -0.2) is 8.78 Å². The third kappa shape index (κ3) is 3.81.